The highest BCUT2D eigenvalue weighted by Crippen LogP contribution is 2.69. The van der Waals surface area contributed by atoms with E-state index in [-0.39, 0.29) is 11.8 Å². The fraction of sp³-hybridized carbons (Fsp3) is 0.816. The number of ether oxygens (including phenoxy) is 1. The number of hydrogen-bond donors (Lipinski definition) is 1. The van der Waals surface area contributed by atoms with Crippen LogP contribution in [0.5, 0.6) is 0 Å². The van der Waals surface area contributed by atoms with E-state index in [1.807, 2.05) is 0 Å². The van der Waals surface area contributed by atoms with Crippen molar-refractivity contribution in [1.29, 1.82) is 0 Å². The number of esters is 1. The number of fused-ring (bicyclic) bond motifs is 9. The third-order valence-corrected chi connectivity index (χ3v) is 15.3. The van der Waals surface area contributed by atoms with Crippen LogP contribution in [0, 0.1) is 41.4 Å². The molecule has 0 aromatic heterocycles. The maximum absolute atomic E-state index is 14.6. The minimum absolute atomic E-state index is 0.254. The second kappa shape index (κ2) is 12.0. The Bertz CT molecular complexity index is 1300. The van der Waals surface area contributed by atoms with Crippen LogP contribution in [-0.4, -0.2) is 24.4 Å². The van der Waals surface area contributed by atoms with Gasteiger partial charge in [0, 0.05) is 5.92 Å². The summed E-state index contributed by atoms with van der Waals surface area (Å²) in [5, 5.41) is 0. The van der Waals surface area contributed by atoms with Gasteiger partial charge >= 0.3 is 16.1 Å². The molecule has 0 saturated heterocycles. The Hall–Kier alpha value is -1.40. The predicted molar refractivity (Wildman–Crippen MR) is 172 cm³/mol. The van der Waals surface area contributed by atoms with Gasteiger partial charge in [0.1, 0.15) is 0 Å². The fourth-order valence-electron chi connectivity index (χ4n) is 12.6. The maximum atomic E-state index is 14.6. The van der Waals surface area contributed by atoms with E-state index in [4.69, 9.17) is 4.74 Å². The summed E-state index contributed by atoms with van der Waals surface area (Å²) < 4.78 is 43.2. The largest absolute Gasteiger partial charge is 0.439 e. The van der Waals surface area contributed by atoms with Crippen molar-refractivity contribution in [2.24, 2.45) is 41.4 Å². The zero-order valence-electron chi connectivity index (χ0n) is 26.6. The van der Waals surface area contributed by atoms with E-state index in [0.717, 1.165) is 61.5 Å². The second-order valence-electron chi connectivity index (χ2n) is 16.4. The van der Waals surface area contributed by atoms with Crippen LogP contribution in [0.25, 0.3) is 0 Å². The molecule has 1 aromatic carbocycles. The molecule has 0 amide bonds. The molecule has 8 atom stereocenters. The van der Waals surface area contributed by atoms with Gasteiger partial charge in [0.2, 0.25) is 5.44 Å². The van der Waals surface area contributed by atoms with Crippen molar-refractivity contribution >= 4 is 16.1 Å². The molecule has 7 saturated carbocycles. The second-order valence-corrected chi connectivity index (χ2v) is 17.9. The van der Waals surface area contributed by atoms with Crippen molar-refractivity contribution in [3.63, 3.8) is 0 Å². The molecule has 0 spiro atoms. The average Bonchev–Trinajstić information content (AvgIpc) is 3.85. The van der Waals surface area contributed by atoms with E-state index in [9.17, 15) is 17.8 Å². The summed E-state index contributed by atoms with van der Waals surface area (Å²) in [5.74, 6) is 4.01. The van der Waals surface area contributed by atoms with Crippen LogP contribution in [0.3, 0.4) is 0 Å². The quantitative estimate of drug-likeness (QED) is 0.186. The lowest BCUT2D eigenvalue weighted by atomic mass is 9.67. The van der Waals surface area contributed by atoms with Crippen LogP contribution in [0.15, 0.2) is 12.1 Å². The predicted octanol–water partition coefficient (Wildman–Crippen LogP) is 9.52. The van der Waals surface area contributed by atoms with Gasteiger partial charge in [-0.3, -0.25) is 4.55 Å². The first-order valence-corrected chi connectivity index (χ1v) is 20.2. The minimum Gasteiger partial charge on any atom is -0.439 e. The number of benzene rings is 1. The molecule has 0 radical (unpaired) electrons. The van der Waals surface area contributed by atoms with E-state index < -0.39 is 21.5 Å². The van der Waals surface area contributed by atoms with E-state index in [0.29, 0.717) is 41.1 Å². The van der Waals surface area contributed by atoms with Crippen LogP contribution in [-0.2, 0) is 14.9 Å². The lowest BCUT2D eigenvalue weighted by Crippen LogP contribution is -2.42. The SMILES string of the molecule is O=C(OC(C1CC2CC1C1C3CCC(C3)C21)S(=O)(=O)O)c1c(C2CCCCC2)cc(C2CCCCC2)cc1C1CCCCC1. The van der Waals surface area contributed by atoms with Gasteiger partial charge in [-0.05, 0) is 141 Å². The van der Waals surface area contributed by atoms with E-state index in [1.165, 1.54) is 95.5 Å². The Labute approximate surface area is 265 Å². The summed E-state index contributed by atoms with van der Waals surface area (Å²) in [6, 6.07) is 4.71. The number of carbonyl (C=O) groups is 1. The zero-order chi connectivity index (χ0) is 30.0. The Morgan fingerprint density at radius 2 is 1.18 bits per heavy atom. The molecule has 4 bridgehead atoms. The van der Waals surface area contributed by atoms with Gasteiger partial charge in [-0.1, -0.05) is 69.9 Å². The molecule has 8 rings (SSSR count). The number of hydrogen-bond acceptors (Lipinski definition) is 4. The molecule has 44 heavy (non-hydrogen) atoms. The van der Waals surface area contributed by atoms with Crippen molar-refractivity contribution in [2.75, 3.05) is 0 Å². The zero-order valence-corrected chi connectivity index (χ0v) is 27.5. The highest BCUT2D eigenvalue weighted by Gasteiger charge is 2.64. The molecule has 1 aromatic rings. The lowest BCUT2D eigenvalue weighted by Gasteiger charge is -2.40. The monoisotopic (exact) mass is 622 g/mol. The third kappa shape index (κ3) is 5.30. The summed E-state index contributed by atoms with van der Waals surface area (Å²) in [7, 11) is -4.56. The first kappa shape index (κ1) is 30.0. The minimum atomic E-state index is -4.56. The van der Waals surface area contributed by atoms with Crippen molar-refractivity contribution in [3.05, 3.63) is 34.4 Å². The first-order chi connectivity index (χ1) is 21.4. The molecule has 6 heteroatoms. The van der Waals surface area contributed by atoms with Gasteiger partial charge in [0.05, 0.1) is 5.56 Å². The van der Waals surface area contributed by atoms with Crippen LogP contribution in [0.1, 0.15) is 173 Å². The smallest absolute Gasteiger partial charge is 0.340 e. The van der Waals surface area contributed by atoms with Gasteiger partial charge in [0.15, 0.2) is 0 Å². The van der Waals surface area contributed by atoms with Crippen LogP contribution < -0.4 is 0 Å². The van der Waals surface area contributed by atoms with E-state index in [2.05, 4.69) is 12.1 Å². The number of carbonyl (C=O) groups excluding carboxylic acids is 1. The summed E-state index contributed by atoms with van der Waals surface area (Å²) >= 11 is 0. The molecule has 0 heterocycles. The molecule has 5 nitrogen and oxygen atoms in total. The summed E-state index contributed by atoms with van der Waals surface area (Å²) in [4.78, 5) is 14.6. The molecule has 7 aliphatic carbocycles. The standard InChI is InChI=1S/C38H54O5S/c39-37(43-38(44(40,41)42)33-22-29-21-32(33)35-27-17-16-26(18-27)34(29)35)36-30(24-12-6-2-7-13-24)19-28(23-10-4-1-5-11-23)20-31(36)25-14-8-3-9-15-25/h19-20,23-27,29,32-35,38H,1-18,21-22H2,(H,40,41,42). The lowest BCUT2D eigenvalue weighted by molar-refractivity contribution is 0.00945. The van der Waals surface area contributed by atoms with E-state index in [1.54, 1.807) is 0 Å². The van der Waals surface area contributed by atoms with Crippen LogP contribution in [0.4, 0.5) is 0 Å². The molecule has 1 N–H and O–H groups in total. The molecule has 8 unspecified atom stereocenters. The molecular weight excluding hydrogens is 568 g/mol. The Balaban J connectivity index is 1.16. The van der Waals surface area contributed by atoms with Crippen molar-refractivity contribution in [3.8, 4) is 0 Å². The molecule has 242 valence electrons. The third-order valence-electron chi connectivity index (χ3n) is 14.2. The van der Waals surface area contributed by atoms with Gasteiger partial charge in [-0.15, -0.1) is 0 Å². The average molecular weight is 623 g/mol. The molecular formula is C38H54O5S. The first-order valence-electron chi connectivity index (χ1n) is 18.7. The van der Waals surface area contributed by atoms with Gasteiger partial charge < -0.3 is 4.74 Å². The highest BCUT2D eigenvalue weighted by molar-refractivity contribution is 7.86. The topological polar surface area (TPSA) is 80.7 Å². The number of rotatable bonds is 7. The molecule has 0 aliphatic heterocycles. The summed E-state index contributed by atoms with van der Waals surface area (Å²) in [5.41, 5.74) is 2.91. The Morgan fingerprint density at radius 1 is 0.659 bits per heavy atom. The van der Waals surface area contributed by atoms with Crippen LogP contribution in [0.2, 0.25) is 0 Å². The molecule has 7 fully saturated rings. The fourth-order valence-corrected chi connectivity index (χ4v) is 13.5. The van der Waals surface area contributed by atoms with E-state index >= 15 is 0 Å². The van der Waals surface area contributed by atoms with Crippen molar-refractivity contribution in [2.45, 2.75) is 152 Å². The van der Waals surface area contributed by atoms with Gasteiger partial charge in [-0.25, -0.2) is 4.79 Å². The Kier molecular flexibility index (Phi) is 8.17. The van der Waals surface area contributed by atoms with Gasteiger partial charge in [0.25, 0.3) is 0 Å². The van der Waals surface area contributed by atoms with Gasteiger partial charge in [-0.2, -0.15) is 8.42 Å². The van der Waals surface area contributed by atoms with Crippen molar-refractivity contribution in [1.82, 2.24) is 0 Å². The van der Waals surface area contributed by atoms with Crippen LogP contribution >= 0.6 is 0 Å². The normalized spacial score (nSPS) is 36.9. The Morgan fingerprint density at radius 3 is 1.73 bits per heavy atom. The summed E-state index contributed by atoms with van der Waals surface area (Å²) in [6.07, 6.45) is 23.5. The maximum Gasteiger partial charge on any atom is 0.340 e. The molecule has 7 aliphatic rings. The summed E-state index contributed by atoms with van der Waals surface area (Å²) in [6.45, 7) is 0. The highest BCUT2D eigenvalue weighted by atomic mass is 32.2. The van der Waals surface area contributed by atoms with Crippen molar-refractivity contribution < 1.29 is 22.5 Å².